The minimum absolute atomic E-state index is 0.176. The van der Waals surface area contributed by atoms with E-state index in [0.29, 0.717) is 11.3 Å². The lowest BCUT2D eigenvalue weighted by Gasteiger charge is -2.08. The SMILES string of the molecule is COC(=O)C(N)CCSCCSc1ccccc1F. The minimum Gasteiger partial charge on any atom is -0.468 e. The van der Waals surface area contributed by atoms with Crippen molar-refractivity contribution >= 4 is 29.5 Å². The van der Waals surface area contributed by atoms with E-state index in [1.807, 2.05) is 6.07 Å². The van der Waals surface area contributed by atoms with Crippen LogP contribution in [0.4, 0.5) is 4.39 Å². The summed E-state index contributed by atoms with van der Waals surface area (Å²) in [6.07, 6.45) is 0.599. The first-order valence-electron chi connectivity index (χ1n) is 5.93. The molecule has 0 amide bonds. The van der Waals surface area contributed by atoms with Crippen LogP contribution >= 0.6 is 23.5 Å². The van der Waals surface area contributed by atoms with Gasteiger partial charge in [0.15, 0.2) is 0 Å². The van der Waals surface area contributed by atoms with Gasteiger partial charge >= 0.3 is 5.97 Å². The van der Waals surface area contributed by atoms with Crippen LogP contribution in [0.2, 0.25) is 0 Å². The number of thioether (sulfide) groups is 2. The first-order chi connectivity index (χ1) is 9.15. The molecule has 0 saturated heterocycles. The third-order valence-corrected chi connectivity index (χ3v) is 4.72. The van der Waals surface area contributed by atoms with Crippen molar-refractivity contribution in [2.75, 3.05) is 24.4 Å². The monoisotopic (exact) mass is 303 g/mol. The van der Waals surface area contributed by atoms with Crippen molar-refractivity contribution in [2.45, 2.75) is 17.4 Å². The lowest BCUT2D eigenvalue weighted by atomic mass is 10.2. The molecule has 6 heteroatoms. The highest BCUT2D eigenvalue weighted by atomic mass is 32.2. The van der Waals surface area contributed by atoms with Gasteiger partial charge in [0.1, 0.15) is 11.9 Å². The van der Waals surface area contributed by atoms with Crippen molar-refractivity contribution in [3.05, 3.63) is 30.1 Å². The fourth-order valence-corrected chi connectivity index (χ4v) is 3.38. The Morgan fingerprint density at radius 2 is 2.11 bits per heavy atom. The van der Waals surface area contributed by atoms with Gasteiger partial charge in [-0.15, -0.1) is 11.8 Å². The number of rotatable bonds is 8. The molecule has 1 aromatic carbocycles. The largest absolute Gasteiger partial charge is 0.468 e. The highest BCUT2D eigenvalue weighted by Gasteiger charge is 2.12. The summed E-state index contributed by atoms with van der Waals surface area (Å²) >= 11 is 3.20. The molecule has 1 aromatic rings. The highest BCUT2D eigenvalue weighted by Crippen LogP contribution is 2.22. The first-order valence-corrected chi connectivity index (χ1v) is 8.07. The lowest BCUT2D eigenvalue weighted by Crippen LogP contribution is -2.32. The van der Waals surface area contributed by atoms with Gasteiger partial charge in [-0.05, 0) is 24.3 Å². The Kier molecular flexibility index (Phi) is 7.93. The fourth-order valence-electron chi connectivity index (χ4n) is 1.35. The molecule has 3 nitrogen and oxygen atoms in total. The number of nitrogens with two attached hydrogens (primary N) is 1. The zero-order chi connectivity index (χ0) is 14.1. The Morgan fingerprint density at radius 3 is 2.79 bits per heavy atom. The molecule has 0 radical (unpaired) electrons. The molecule has 0 bridgehead atoms. The summed E-state index contributed by atoms with van der Waals surface area (Å²) in [5.41, 5.74) is 5.61. The van der Waals surface area contributed by atoms with E-state index in [1.54, 1.807) is 23.9 Å². The van der Waals surface area contributed by atoms with Crippen molar-refractivity contribution < 1.29 is 13.9 Å². The Labute approximate surface area is 121 Å². The van der Waals surface area contributed by atoms with Gasteiger partial charge in [0.25, 0.3) is 0 Å². The Balaban J connectivity index is 2.09. The number of carbonyl (C=O) groups is 1. The van der Waals surface area contributed by atoms with Crippen LogP contribution in [0.15, 0.2) is 29.2 Å². The smallest absolute Gasteiger partial charge is 0.322 e. The molecule has 1 rings (SSSR count). The maximum absolute atomic E-state index is 13.3. The van der Waals surface area contributed by atoms with Gasteiger partial charge in [0.05, 0.1) is 7.11 Å². The molecule has 0 aromatic heterocycles. The standard InChI is InChI=1S/C13H18FNO2S2/c1-17-13(16)11(15)6-7-18-8-9-19-12-5-3-2-4-10(12)14/h2-5,11H,6-9,15H2,1H3. The number of methoxy groups -OCH3 is 1. The molecule has 0 aliphatic rings. The topological polar surface area (TPSA) is 52.3 Å². The maximum atomic E-state index is 13.3. The van der Waals surface area contributed by atoms with E-state index < -0.39 is 6.04 Å². The number of benzene rings is 1. The average Bonchev–Trinajstić information content (AvgIpc) is 2.43. The molecule has 0 aliphatic heterocycles. The molecule has 19 heavy (non-hydrogen) atoms. The van der Waals surface area contributed by atoms with Crippen LogP contribution in [0.5, 0.6) is 0 Å². The number of halogens is 1. The summed E-state index contributed by atoms with van der Waals surface area (Å²) in [6.45, 7) is 0. The summed E-state index contributed by atoms with van der Waals surface area (Å²) in [5.74, 6) is 1.98. The van der Waals surface area contributed by atoms with Crippen LogP contribution in [-0.4, -0.2) is 36.4 Å². The van der Waals surface area contributed by atoms with E-state index in [-0.39, 0.29) is 11.8 Å². The minimum atomic E-state index is -0.545. The molecule has 0 heterocycles. The number of hydrogen-bond acceptors (Lipinski definition) is 5. The van der Waals surface area contributed by atoms with E-state index in [2.05, 4.69) is 4.74 Å². The molecule has 106 valence electrons. The maximum Gasteiger partial charge on any atom is 0.322 e. The van der Waals surface area contributed by atoms with Crippen LogP contribution in [0, 0.1) is 5.82 Å². The summed E-state index contributed by atoms with van der Waals surface area (Å²) in [4.78, 5) is 11.7. The second-order valence-corrected chi connectivity index (χ2v) is 6.17. The molecule has 1 unspecified atom stereocenters. The third-order valence-electron chi connectivity index (χ3n) is 2.40. The first kappa shape index (κ1) is 16.3. The van der Waals surface area contributed by atoms with Gasteiger partial charge < -0.3 is 10.5 Å². The van der Waals surface area contributed by atoms with Crippen molar-refractivity contribution in [3.8, 4) is 0 Å². The van der Waals surface area contributed by atoms with Gasteiger partial charge in [-0.25, -0.2) is 4.39 Å². The van der Waals surface area contributed by atoms with E-state index in [0.717, 1.165) is 17.3 Å². The zero-order valence-corrected chi connectivity index (χ0v) is 12.4. The summed E-state index contributed by atoms with van der Waals surface area (Å²) in [5, 5.41) is 0. The number of hydrogen-bond donors (Lipinski definition) is 1. The second kappa shape index (κ2) is 9.23. The van der Waals surface area contributed by atoms with Gasteiger partial charge in [-0.1, -0.05) is 12.1 Å². The van der Waals surface area contributed by atoms with Crippen LogP contribution in [0.3, 0.4) is 0 Å². The zero-order valence-electron chi connectivity index (χ0n) is 10.8. The molecule has 0 saturated carbocycles. The average molecular weight is 303 g/mol. The molecule has 0 fully saturated rings. The summed E-state index contributed by atoms with van der Waals surface area (Å²) < 4.78 is 17.8. The van der Waals surface area contributed by atoms with Gasteiger partial charge in [-0.2, -0.15) is 11.8 Å². The number of ether oxygens (including phenoxy) is 1. The Morgan fingerprint density at radius 1 is 1.37 bits per heavy atom. The summed E-state index contributed by atoms with van der Waals surface area (Å²) in [6, 6.07) is 6.20. The van der Waals surface area contributed by atoms with Crippen molar-refractivity contribution in [3.63, 3.8) is 0 Å². The van der Waals surface area contributed by atoms with Crippen LogP contribution in [-0.2, 0) is 9.53 Å². The molecule has 0 spiro atoms. The van der Waals surface area contributed by atoms with Crippen LogP contribution < -0.4 is 5.73 Å². The van der Waals surface area contributed by atoms with E-state index in [1.165, 1.54) is 24.9 Å². The van der Waals surface area contributed by atoms with Crippen molar-refractivity contribution in [2.24, 2.45) is 5.73 Å². The lowest BCUT2D eigenvalue weighted by molar-refractivity contribution is -0.142. The van der Waals surface area contributed by atoms with E-state index in [9.17, 15) is 9.18 Å². The highest BCUT2D eigenvalue weighted by molar-refractivity contribution is 8.02. The third kappa shape index (κ3) is 6.31. The normalized spacial score (nSPS) is 12.2. The molecule has 1 atom stereocenters. The van der Waals surface area contributed by atoms with Crippen LogP contribution in [0.1, 0.15) is 6.42 Å². The van der Waals surface area contributed by atoms with Crippen molar-refractivity contribution in [1.29, 1.82) is 0 Å². The van der Waals surface area contributed by atoms with E-state index in [4.69, 9.17) is 5.73 Å². The van der Waals surface area contributed by atoms with Gasteiger partial charge in [-0.3, -0.25) is 4.79 Å². The predicted molar refractivity (Wildman–Crippen MR) is 79.1 cm³/mol. The molecule has 0 aliphatic carbocycles. The second-order valence-electron chi connectivity index (χ2n) is 3.81. The Hall–Kier alpha value is -0.720. The fraction of sp³-hybridized carbons (Fsp3) is 0.462. The van der Waals surface area contributed by atoms with Gasteiger partial charge in [0, 0.05) is 16.4 Å². The number of carbonyl (C=O) groups excluding carboxylic acids is 1. The van der Waals surface area contributed by atoms with E-state index >= 15 is 0 Å². The predicted octanol–water partition coefficient (Wildman–Crippen LogP) is 2.54. The molecular formula is C13H18FNO2S2. The van der Waals surface area contributed by atoms with Crippen LogP contribution in [0.25, 0.3) is 0 Å². The quantitative estimate of drug-likeness (QED) is 0.454. The number of esters is 1. The molecular weight excluding hydrogens is 285 g/mol. The summed E-state index contributed by atoms with van der Waals surface area (Å²) in [7, 11) is 1.33. The van der Waals surface area contributed by atoms with Crippen molar-refractivity contribution in [1.82, 2.24) is 0 Å². The Bertz CT molecular complexity index is 404. The molecule has 2 N–H and O–H groups in total. The van der Waals surface area contributed by atoms with Gasteiger partial charge in [0.2, 0.25) is 0 Å².